The van der Waals surface area contributed by atoms with Crippen LogP contribution in [0, 0.1) is 12.1 Å². The Morgan fingerprint density at radius 1 is 1.40 bits per heavy atom. The Kier molecular flexibility index (Phi) is 5.06. The van der Waals surface area contributed by atoms with Gasteiger partial charge in [-0.15, -0.1) is 0 Å². The average molecular weight is 359 g/mol. The number of allylic oxidation sites excluding steroid dienone is 2. The van der Waals surface area contributed by atoms with Gasteiger partial charge in [-0.05, 0) is 68.1 Å². The Balaban J connectivity index is 1.82. The first-order chi connectivity index (χ1) is 11.8. The monoisotopic (exact) mass is 359 g/mol. The highest BCUT2D eigenvalue weighted by Gasteiger charge is 2.28. The van der Waals surface area contributed by atoms with Crippen molar-refractivity contribution in [2.45, 2.75) is 35.8 Å². The maximum Gasteiger partial charge on any atom is 0.185 e. The fourth-order valence-corrected chi connectivity index (χ4v) is 5.04. The summed E-state index contributed by atoms with van der Waals surface area (Å²) >= 11 is 0. The zero-order valence-electron chi connectivity index (χ0n) is 14.0. The minimum Gasteiger partial charge on any atom is -0.734 e. The molecule has 1 aliphatic heterocycles. The maximum absolute atomic E-state index is 12.8. The molecular formula is C17H20BN2O4S-. The van der Waals surface area contributed by atoms with Crippen LogP contribution in [0.1, 0.15) is 29.9 Å². The first kappa shape index (κ1) is 18.2. The van der Waals surface area contributed by atoms with Crippen LogP contribution in [0.15, 0.2) is 47.0 Å². The number of nitrogens with zero attached hydrogens (tertiary/aromatic N) is 2. The molecule has 2 radical (unpaired) electrons. The lowest BCUT2D eigenvalue weighted by atomic mass is 9.94. The molecule has 1 aromatic rings. The van der Waals surface area contributed by atoms with E-state index in [1.807, 2.05) is 13.0 Å². The smallest absolute Gasteiger partial charge is 0.185 e. The molecule has 1 saturated heterocycles. The van der Waals surface area contributed by atoms with Crippen LogP contribution in [0.25, 0.3) is 0 Å². The summed E-state index contributed by atoms with van der Waals surface area (Å²) < 4.78 is 25.7. The lowest BCUT2D eigenvalue weighted by Gasteiger charge is -2.26. The number of hydrogen-bond acceptors (Lipinski definition) is 6. The predicted molar refractivity (Wildman–Crippen MR) is 95.7 cm³/mol. The fourth-order valence-electron chi connectivity index (χ4n) is 3.46. The second-order valence-corrected chi connectivity index (χ2v) is 8.75. The zero-order valence-corrected chi connectivity index (χ0v) is 14.8. The van der Waals surface area contributed by atoms with E-state index in [4.69, 9.17) is 13.2 Å². The SMILES string of the molecule is [B]N1CCC(c2ccc(S(=O)(=O)C3C=CC(N([O-])O)=CC3)cc2C)C1. The lowest BCUT2D eigenvalue weighted by molar-refractivity contribution is 0.000416. The third-order valence-electron chi connectivity index (χ3n) is 4.89. The molecule has 6 nitrogen and oxygen atoms in total. The zero-order chi connectivity index (χ0) is 18.2. The summed E-state index contributed by atoms with van der Waals surface area (Å²) in [4.78, 5) is 2.05. The molecule has 25 heavy (non-hydrogen) atoms. The number of hydroxylamine groups is 2. The van der Waals surface area contributed by atoms with E-state index >= 15 is 0 Å². The summed E-state index contributed by atoms with van der Waals surface area (Å²) in [6.07, 6.45) is 5.31. The van der Waals surface area contributed by atoms with E-state index in [0.717, 1.165) is 30.6 Å². The molecule has 1 heterocycles. The molecule has 1 aliphatic carbocycles. The Morgan fingerprint density at radius 2 is 2.16 bits per heavy atom. The van der Waals surface area contributed by atoms with Crippen molar-refractivity contribution in [1.82, 2.24) is 10.0 Å². The van der Waals surface area contributed by atoms with Crippen LogP contribution >= 0.6 is 0 Å². The average Bonchev–Trinajstić information content (AvgIpc) is 3.01. The number of sulfone groups is 1. The molecule has 1 N–H and O–H groups in total. The largest absolute Gasteiger partial charge is 0.734 e. The van der Waals surface area contributed by atoms with Gasteiger partial charge in [0, 0.05) is 5.70 Å². The molecule has 8 heteroatoms. The minimum absolute atomic E-state index is 0.0468. The van der Waals surface area contributed by atoms with Gasteiger partial charge >= 0.3 is 0 Å². The normalized spacial score (nSPS) is 24.4. The molecule has 132 valence electrons. The summed E-state index contributed by atoms with van der Waals surface area (Å²) in [6, 6.07) is 5.24. The molecule has 0 saturated carbocycles. The molecule has 3 rings (SSSR count). The highest BCUT2D eigenvalue weighted by atomic mass is 32.2. The van der Waals surface area contributed by atoms with Gasteiger partial charge in [-0.1, -0.05) is 18.2 Å². The van der Waals surface area contributed by atoms with E-state index in [1.165, 1.54) is 18.2 Å². The van der Waals surface area contributed by atoms with Gasteiger partial charge in [-0.2, -0.15) is 0 Å². The Hall–Kier alpha value is -1.61. The van der Waals surface area contributed by atoms with E-state index in [1.54, 1.807) is 16.9 Å². The van der Waals surface area contributed by atoms with Crippen molar-refractivity contribution in [2.75, 3.05) is 13.1 Å². The van der Waals surface area contributed by atoms with Crippen molar-refractivity contribution in [2.24, 2.45) is 0 Å². The van der Waals surface area contributed by atoms with Gasteiger partial charge in [0.15, 0.2) is 17.8 Å². The number of hydrogen-bond donors (Lipinski definition) is 1. The second-order valence-electron chi connectivity index (χ2n) is 6.58. The molecule has 0 amide bonds. The van der Waals surface area contributed by atoms with E-state index in [2.05, 4.69) is 0 Å². The highest BCUT2D eigenvalue weighted by molar-refractivity contribution is 7.92. The second kappa shape index (κ2) is 6.95. The van der Waals surface area contributed by atoms with Crippen molar-refractivity contribution in [3.8, 4) is 0 Å². The van der Waals surface area contributed by atoms with Gasteiger partial charge < -0.3 is 15.2 Å². The highest BCUT2D eigenvalue weighted by Crippen LogP contribution is 2.31. The predicted octanol–water partition coefficient (Wildman–Crippen LogP) is 2.04. The molecule has 2 aliphatic rings. The summed E-state index contributed by atoms with van der Waals surface area (Å²) in [6.45, 7) is 3.54. The van der Waals surface area contributed by atoms with Crippen LogP contribution in [0.4, 0.5) is 0 Å². The van der Waals surface area contributed by atoms with Crippen molar-refractivity contribution in [1.29, 1.82) is 0 Å². The molecule has 0 spiro atoms. The molecule has 2 unspecified atom stereocenters. The summed E-state index contributed by atoms with van der Waals surface area (Å²) in [5.74, 6) is 0.328. The Morgan fingerprint density at radius 3 is 2.68 bits per heavy atom. The first-order valence-electron chi connectivity index (χ1n) is 8.17. The Labute approximate surface area is 149 Å². The van der Waals surface area contributed by atoms with E-state index < -0.39 is 15.1 Å². The minimum atomic E-state index is -3.55. The van der Waals surface area contributed by atoms with Crippen LogP contribution in [0.5, 0.6) is 0 Å². The third-order valence-corrected chi connectivity index (χ3v) is 6.95. The molecule has 0 bridgehead atoms. The van der Waals surface area contributed by atoms with Gasteiger partial charge in [0.05, 0.1) is 10.1 Å². The molecular weight excluding hydrogens is 339 g/mol. The molecule has 2 atom stereocenters. The molecule has 0 aromatic heterocycles. The van der Waals surface area contributed by atoms with Crippen LogP contribution in [-0.4, -0.2) is 50.0 Å². The van der Waals surface area contributed by atoms with Crippen LogP contribution < -0.4 is 0 Å². The van der Waals surface area contributed by atoms with Crippen molar-refractivity contribution in [3.63, 3.8) is 0 Å². The van der Waals surface area contributed by atoms with Gasteiger partial charge in [0.1, 0.15) is 0 Å². The van der Waals surface area contributed by atoms with Crippen molar-refractivity contribution < 1.29 is 13.6 Å². The van der Waals surface area contributed by atoms with Gasteiger partial charge in [0.2, 0.25) is 0 Å². The molecule has 1 aromatic carbocycles. The standard InChI is InChI=1S/C17H20BN2O4S/c1-12-10-16(6-7-17(12)13-8-9-19(18)11-13)25(23,24)15-4-2-14(3-5-15)20(21)22/h2-4,6-7,10,13,15,21H,5,8-9,11H2,1H3/q-1. The summed E-state index contributed by atoms with van der Waals surface area (Å²) in [7, 11) is 2.27. The van der Waals surface area contributed by atoms with Crippen LogP contribution in [0.3, 0.4) is 0 Å². The van der Waals surface area contributed by atoms with E-state index in [0.29, 0.717) is 5.92 Å². The van der Waals surface area contributed by atoms with Crippen molar-refractivity contribution >= 4 is 17.8 Å². The topological polar surface area (TPSA) is 83.9 Å². The quantitative estimate of drug-likeness (QED) is 0.654. The van der Waals surface area contributed by atoms with Crippen LogP contribution in [-0.2, 0) is 9.84 Å². The van der Waals surface area contributed by atoms with Gasteiger partial charge in [-0.3, -0.25) is 5.21 Å². The van der Waals surface area contributed by atoms with Gasteiger partial charge in [0.25, 0.3) is 0 Å². The Bertz CT molecular complexity index is 820. The number of benzene rings is 1. The van der Waals surface area contributed by atoms with Crippen LogP contribution in [0.2, 0.25) is 0 Å². The maximum atomic E-state index is 12.8. The number of rotatable bonds is 4. The molecule has 1 fully saturated rings. The van der Waals surface area contributed by atoms with Gasteiger partial charge in [-0.25, -0.2) is 8.42 Å². The third kappa shape index (κ3) is 3.67. The lowest BCUT2D eigenvalue weighted by Crippen LogP contribution is -2.22. The van der Waals surface area contributed by atoms with Crippen molar-refractivity contribution in [3.05, 3.63) is 58.5 Å². The fraction of sp³-hybridized carbons (Fsp3) is 0.412. The van der Waals surface area contributed by atoms with E-state index in [9.17, 15) is 13.6 Å². The first-order valence-corrected chi connectivity index (χ1v) is 9.72. The number of aryl methyl sites for hydroxylation is 1. The summed E-state index contributed by atoms with van der Waals surface area (Å²) in [5.41, 5.74) is 2.12. The van der Waals surface area contributed by atoms with E-state index in [-0.39, 0.29) is 22.2 Å². The summed E-state index contributed by atoms with van der Waals surface area (Å²) in [5, 5.41) is 18.7.